The second-order valence-corrected chi connectivity index (χ2v) is 10.1. The summed E-state index contributed by atoms with van der Waals surface area (Å²) in [5.74, 6) is 2.28. The lowest BCUT2D eigenvalue weighted by Crippen LogP contribution is -2.27. The summed E-state index contributed by atoms with van der Waals surface area (Å²) >= 11 is 1.69. The number of nitrogens with zero attached hydrogens (tertiary/aromatic N) is 3. The van der Waals surface area contributed by atoms with Crippen molar-refractivity contribution in [1.29, 1.82) is 0 Å². The summed E-state index contributed by atoms with van der Waals surface area (Å²) in [7, 11) is 0. The number of hydrogen-bond acceptors (Lipinski definition) is 6. The van der Waals surface area contributed by atoms with Crippen molar-refractivity contribution in [2.45, 2.75) is 45.1 Å². The molecule has 6 rings (SSSR count). The molecule has 1 aliphatic carbocycles. The van der Waals surface area contributed by atoms with Gasteiger partial charge in [-0.25, -0.2) is 9.97 Å². The maximum Gasteiger partial charge on any atom is 0.184 e. The Balaban J connectivity index is 1.19. The first-order valence-electron chi connectivity index (χ1n) is 12.0. The Morgan fingerprint density at radius 1 is 1.03 bits per heavy atom. The minimum absolute atomic E-state index is 0.451. The Bertz CT molecular complexity index is 1440. The number of aromatic amines is 1. The normalized spacial score (nSPS) is 15.6. The second-order valence-electron chi connectivity index (χ2n) is 9.10. The number of hydrogen-bond donors (Lipinski definition) is 2. The number of pyridine rings is 2. The van der Waals surface area contributed by atoms with Crippen molar-refractivity contribution >= 4 is 37.7 Å². The lowest BCUT2D eigenvalue weighted by Gasteiger charge is -2.28. The van der Waals surface area contributed by atoms with E-state index >= 15 is 0 Å². The van der Waals surface area contributed by atoms with Crippen molar-refractivity contribution < 1.29 is 4.74 Å². The van der Waals surface area contributed by atoms with Gasteiger partial charge in [-0.05, 0) is 56.0 Å². The molecule has 6 nitrogen and oxygen atoms in total. The van der Waals surface area contributed by atoms with Gasteiger partial charge in [0.25, 0.3) is 0 Å². The van der Waals surface area contributed by atoms with Gasteiger partial charge >= 0.3 is 0 Å². The zero-order valence-electron chi connectivity index (χ0n) is 19.1. The average molecular weight is 470 g/mol. The molecule has 0 bridgehead atoms. The third-order valence-corrected chi connectivity index (χ3v) is 7.68. The Labute approximate surface area is 202 Å². The van der Waals surface area contributed by atoms with Gasteiger partial charge in [-0.3, -0.25) is 4.98 Å². The second kappa shape index (κ2) is 9.06. The summed E-state index contributed by atoms with van der Waals surface area (Å²) in [4.78, 5) is 16.9. The summed E-state index contributed by atoms with van der Waals surface area (Å²) in [6, 6.07) is 14.4. The summed E-state index contributed by atoms with van der Waals surface area (Å²) in [5, 5.41) is 5.71. The summed E-state index contributed by atoms with van der Waals surface area (Å²) < 4.78 is 7.32. The summed E-state index contributed by atoms with van der Waals surface area (Å²) in [6.45, 7) is 2.29. The van der Waals surface area contributed by atoms with Gasteiger partial charge in [0, 0.05) is 47.7 Å². The molecule has 0 amide bonds. The number of ether oxygens (including phenoxy) is 1. The molecule has 1 aromatic carbocycles. The van der Waals surface area contributed by atoms with E-state index in [0.29, 0.717) is 6.04 Å². The van der Waals surface area contributed by atoms with E-state index in [9.17, 15) is 0 Å². The molecule has 2 N–H and O–H groups in total. The van der Waals surface area contributed by atoms with Crippen molar-refractivity contribution in [3.05, 3.63) is 61.1 Å². The van der Waals surface area contributed by atoms with Crippen LogP contribution >= 0.6 is 11.3 Å². The van der Waals surface area contributed by atoms with E-state index in [4.69, 9.17) is 9.72 Å². The monoisotopic (exact) mass is 469 g/mol. The van der Waals surface area contributed by atoms with Crippen LogP contribution in [0.3, 0.4) is 0 Å². The minimum atomic E-state index is 0.451. The summed E-state index contributed by atoms with van der Waals surface area (Å²) in [6.07, 6.45) is 12.2. The Hall–Kier alpha value is -3.45. The molecular formula is C27H27N5OS. The van der Waals surface area contributed by atoms with Gasteiger partial charge in [-0.15, -0.1) is 0 Å². The number of H-pyrrole nitrogens is 1. The van der Waals surface area contributed by atoms with Gasteiger partial charge in [0.2, 0.25) is 0 Å². The standard InChI is InChI=1S/C27H27N5OS/c1-17(18-5-3-2-4-6-18)31-27-32-23-8-7-21(15-25(23)34-27)33-22-10-12-28-24(14-22)20-13-19-9-11-29-26(19)30-16-20/h7-18H,2-6H2,1H3,(H,29,30)(H,31,32)/t17-/m0/s1. The quantitative estimate of drug-likeness (QED) is 0.271. The lowest BCUT2D eigenvalue weighted by molar-refractivity contribution is 0.328. The molecule has 4 aromatic heterocycles. The maximum atomic E-state index is 6.20. The number of anilines is 1. The van der Waals surface area contributed by atoms with Crippen LogP contribution in [0, 0.1) is 5.92 Å². The van der Waals surface area contributed by atoms with Crippen molar-refractivity contribution in [2.75, 3.05) is 5.32 Å². The Morgan fingerprint density at radius 2 is 1.91 bits per heavy atom. The smallest absolute Gasteiger partial charge is 0.184 e. The van der Waals surface area contributed by atoms with Gasteiger partial charge in [-0.2, -0.15) is 0 Å². The first kappa shape index (κ1) is 21.1. The SMILES string of the molecule is C[C@H](Nc1nc2ccc(Oc3ccnc(-c4cnc5[nH]ccc5c4)c3)cc2s1)C1CCCCC1. The highest BCUT2D eigenvalue weighted by atomic mass is 32.1. The number of benzene rings is 1. The highest BCUT2D eigenvalue weighted by Gasteiger charge is 2.21. The molecule has 1 atom stereocenters. The van der Waals surface area contributed by atoms with Crippen LogP contribution in [0.1, 0.15) is 39.0 Å². The fourth-order valence-corrected chi connectivity index (χ4v) is 5.82. The van der Waals surface area contributed by atoms with Crippen LogP contribution in [0.15, 0.2) is 61.1 Å². The highest BCUT2D eigenvalue weighted by molar-refractivity contribution is 7.22. The predicted molar refractivity (Wildman–Crippen MR) is 139 cm³/mol. The van der Waals surface area contributed by atoms with Crippen LogP contribution in [0.25, 0.3) is 32.5 Å². The van der Waals surface area contributed by atoms with E-state index in [1.165, 1.54) is 32.1 Å². The van der Waals surface area contributed by atoms with E-state index in [-0.39, 0.29) is 0 Å². The molecule has 172 valence electrons. The van der Waals surface area contributed by atoms with Crippen LogP contribution in [-0.2, 0) is 0 Å². The van der Waals surface area contributed by atoms with Gasteiger partial charge in [0.15, 0.2) is 5.13 Å². The van der Waals surface area contributed by atoms with Gasteiger partial charge in [0.1, 0.15) is 17.1 Å². The van der Waals surface area contributed by atoms with Crippen LogP contribution in [-0.4, -0.2) is 26.0 Å². The van der Waals surface area contributed by atoms with Crippen molar-refractivity contribution in [3.8, 4) is 22.8 Å². The first-order chi connectivity index (χ1) is 16.7. The summed E-state index contributed by atoms with van der Waals surface area (Å²) in [5.41, 5.74) is 3.65. The lowest BCUT2D eigenvalue weighted by atomic mass is 9.85. The Kier molecular flexibility index (Phi) is 5.63. The highest BCUT2D eigenvalue weighted by Crippen LogP contribution is 2.34. The molecule has 0 spiro atoms. The van der Waals surface area contributed by atoms with Crippen molar-refractivity contribution in [2.24, 2.45) is 5.92 Å². The molecule has 5 aromatic rings. The van der Waals surface area contributed by atoms with Crippen molar-refractivity contribution in [3.63, 3.8) is 0 Å². The van der Waals surface area contributed by atoms with E-state index in [1.54, 1.807) is 17.5 Å². The van der Waals surface area contributed by atoms with Gasteiger partial charge in [-0.1, -0.05) is 30.6 Å². The number of aromatic nitrogens is 4. The Morgan fingerprint density at radius 3 is 2.82 bits per heavy atom. The number of thiazole rings is 1. The molecule has 0 aliphatic heterocycles. The average Bonchev–Trinajstić information content (AvgIpc) is 3.50. The molecule has 1 fully saturated rings. The van der Waals surface area contributed by atoms with Crippen molar-refractivity contribution in [1.82, 2.24) is 19.9 Å². The molecular weight excluding hydrogens is 442 g/mol. The number of nitrogens with one attached hydrogen (secondary N) is 2. The fourth-order valence-electron chi connectivity index (χ4n) is 4.83. The van der Waals surface area contributed by atoms with E-state index < -0.39 is 0 Å². The largest absolute Gasteiger partial charge is 0.457 e. The third kappa shape index (κ3) is 4.35. The molecule has 1 aliphatic rings. The maximum absolute atomic E-state index is 6.20. The van der Waals surface area contributed by atoms with Crippen LogP contribution in [0.2, 0.25) is 0 Å². The van der Waals surface area contributed by atoms with Crippen LogP contribution in [0.5, 0.6) is 11.5 Å². The number of fused-ring (bicyclic) bond motifs is 2. The first-order valence-corrected chi connectivity index (χ1v) is 12.8. The van der Waals surface area contributed by atoms with E-state index in [2.05, 4.69) is 39.3 Å². The topological polar surface area (TPSA) is 75.7 Å². The van der Waals surface area contributed by atoms with E-state index in [1.807, 2.05) is 42.7 Å². The van der Waals surface area contributed by atoms with E-state index in [0.717, 1.165) is 55.1 Å². The fraction of sp³-hybridized carbons (Fsp3) is 0.296. The zero-order valence-corrected chi connectivity index (χ0v) is 19.9. The molecule has 0 radical (unpaired) electrons. The molecule has 0 saturated heterocycles. The number of rotatable bonds is 6. The molecule has 0 unspecified atom stereocenters. The van der Waals surface area contributed by atoms with Gasteiger partial charge in [0.05, 0.1) is 15.9 Å². The molecule has 4 heterocycles. The zero-order chi connectivity index (χ0) is 22.9. The van der Waals surface area contributed by atoms with Gasteiger partial charge < -0.3 is 15.0 Å². The molecule has 1 saturated carbocycles. The van der Waals surface area contributed by atoms with Crippen LogP contribution in [0.4, 0.5) is 5.13 Å². The predicted octanol–water partition coefficient (Wildman–Crippen LogP) is 7.41. The molecule has 7 heteroatoms. The third-order valence-electron chi connectivity index (χ3n) is 6.73. The van der Waals surface area contributed by atoms with Crippen LogP contribution < -0.4 is 10.1 Å². The minimum Gasteiger partial charge on any atom is -0.457 e. The molecule has 34 heavy (non-hydrogen) atoms.